The fourth-order valence-corrected chi connectivity index (χ4v) is 2.62. The van der Waals surface area contributed by atoms with Crippen LogP contribution in [0.5, 0.6) is 0 Å². The van der Waals surface area contributed by atoms with Crippen molar-refractivity contribution >= 4 is 41.0 Å². The van der Waals surface area contributed by atoms with E-state index >= 15 is 0 Å². The van der Waals surface area contributed by atoms with Gasteiger partial charge in [0.2, 0.25) is 0 Å². The zero-order chi connectivity index (χ0) is 20.8. The zero-order valence-corrected chi connectivity index (χ0v) is 16.2. The summed E-state index contributed by atoms with van der Waals surface area (Å²) in [7, 11) is 0. The predicted molar refractivity (Wildman–Crippen MR) is 111 cm³/mol. The number of carbonyl (C=O) groups excluding carboxylic acids is 3. The van der Waals surface area contributed by atoms with Gasteiger partial charge >= 0.3 is 0 Å². The number of hydrogen-bond acceptors (Lipinski definition) is 4. The van der Waals surface area contributed by atoms with Crippen molar-refractivity contribution < 1.29 is 18.8 Å². The van der Waals surface area contributed by atoms with E-state index in [-0.39, 0.29) is 17.2 Å². The maximum absolute atomic E-state index is 12.8. The highest BCUT2D eigenvalue weighted by molar-refractivity contribution is 6.30. The Bertz CT molecular complexity index is 1070. The van der Waals surface area contributed by atoms with Crippen molar-refractivity contribution in [3.63, 3.8) is 0 Å². The summed E-state index contributed by atoms with van der Waals surface area (Å²) in [5.41, 5.74) is 1.56. The number of hydrogen-bond donors (Lipinski definition) is 2. The Labute approximate surface area is 172 Å². The minimum Gasteiger partial charge on any atom is -0.459 e. The topological polar surface area (TPSA) is 88.4 Å². The smallest absolute Gasteiger partial charge is 0.291 e. The highest BCUT2D eigenvalue weighted by Gasteiger charge is 2.17. The van der Waals surface area contributed by atoms with Gasteiger partial charge in [0, 0.05) is 16.3 Å². The quantitative estimate of drug-likeness (QED) is 0.462. The summed E-state index contributed by atoms with van der Waals surface area (Å²) in [5.74, 6) is -1.18. The van der Waals surface area contributed by atoms with Crippen LogP contribution in [-0.2, 0) is 4.79 Å². The Kier molecular flexibility index (Phi) is 6.26. The minimum absolute atomic E-state index is 0.00181. The average molecular weight is 409 g/mol. The van der Waals surface area contributed by atoms with Gasteiger partial charge in [0.05, 0.1) is 6.26 Å². The van der Waals surface area contributed by atoms with Gasteiger partial charge in [-0.15, -0.1) is 0 Å². The molecule has 146 valence electrons. The lowest BCUT2D eigenvalue weighted by molar-refractivity contribution is -0.113. The van der Waals surface area contributed by atoms with E-state index in [0.717, 1.165) is 0 Å². The third-order valence-electron chi connectivity index (χ3n) is 3.95. The molecule has 1 heterocycles. The first-order valence-electron chi connectivity index (χ1n) is 8.67. The molecular formula is C22H17ClN2O4. The molecule has 0 atom stereocenters. The molecule has 0 spiro atoms. The van der Waals surface area contributed by atoms with Crippen LogP contribution in [0.4, 0.5) is 5.69 Å². The number of ketones is 1. The van der Waals surface area contributed by atoms with Gasteiger partial charge in [0.25, 0.3) is 11.8 Å². The van der Waals surface area contributed by atoms with E-state index < -0.39 is 11.8 Å². The highest BCUT2D eigenvalue weighted by atomic mass is 35.5. The van der Waals surface area contributed by atoms with Gasteiger partial charge in [-0.25, -0.2) is 0 Å². The standard InChI is InChI=1S/C22H17ClN2O4/c1-14(26)16-4-2-5-18(13-16)24-21(27)19(12-15-7-9-17(23)10-8-15)25-22(28)20-6-3-11-29-20/h2-13H,1H3,(H,24,27)(H,25,28). The molecule has 2 aromatic carbocycles. The maximum atomic E-state index is 12.8. The second-order valence-electron chi connectivity index (χ2n) is 6.13. The molecule has 0 unspecified atom stereocenters. The SMILES string of the molecule is CC(=O)c1cccc(NC(=O)C(=Cc2ccc(Cl)cc2)NC(=O)c2ccco2)c1. The van der Waals surface area contributed by atoms with Crippen molar-refractivity contribution in [3.05, 3.63) is 94.5 Å². The lowest BCUT2D eigenvalue weighted by Crippen LogP contribution is -2.30. The van der Waals surface area contributed by atoms with E-state index in [9.17, 15) is 14.4 Å². The maximum Gasteiger partial charge on any atom is 0.291 e. The molecule has 6 nitrogen and oxygen atoms in total. The Morgan fingerprint density at radius 2 is 1.76 bits per heavy atom. The number of Topliss-reactive ketones (excluding diaryl/α,β-unsaturated/α-hetero) is 1. The average Bonchev–Trinajstić information content (AvgIpc) is 3.24. The molecule has 2 N–H and O–H groups in total. The molecule has 0 saturated heterocycles. The Balaban J connectivity index is 1.88. The van der Waals surface area contributed by atoms with Crippen molar-refractivity contribution in [1.82, 2.24) is 5.32 Å². The van der Waals surface area contributed by atoms with Crippen LogP contribution in [0, 0.1) is 0 Å². The molecule has 0 aliphatic carbocycles. The highest BCUT2D eigenvalue weighted by Crippen LogP contribution is 2.15. The zero-order valence-electron chi connectivity index (χ0n) is 15.4. The molecular weight excluding hydrogens is 392 g/mol. The third-order valence-corrected chi connectivity index (χ3v) is 4.20. The lowest BCUT2D eigenvalue weighted by atomic mass is 10.1. The summed E-state index contributed by atoms with van der Waals surface area (Å²) in [4.78, 5) is 36.8. The van der Waals surface area contributed by atoms with Crippen LogP contribution in [-0.4, -0.2) is 17.6 Å². The van der Waals surface area contributed by atoms with Gasteiger partial charge in [-0.1, -0.05) is 35.9 Å². The van der Waals surface area contributed by atoms with Crippen LogP contribution in [0.2, 0.25) is 5.02 Å². The molecule has 0 saturated carbocycles. The third kappa shape index (κ3) is 5.43. The fourth-order valence-electron chi connectivity index (χ4n) is 2.49. The van der Waals surface area contributed by atoms with E-state index in [4.69, 9.17) is 16.0 Å². The van der Waals surface area contributed by atoms with Crippen molar-refractivity contribution in [2.24, 2.45) is 0 Å². The van der Waals surface area contributed by atoms with Gasteiger partial charge < -0.3 is 15.1 Å². The van der Waals surface area contributed by atoms with Crippen molar-refractivity contribution in [3.8, 4) is 0 Å². The number of benzene rings is 2. The summed E-state index contributed by atoms with van der Waals surface area (Å²) >= 11 is 5.90. The number of furan rings is 1. The molecule has 0 bridgehead atoms. The van der Waals surface area contributed by atoms with Crippen LogP contribution >= 0.6 is 11.6 Å². The Morgan fingerprint density at radius 1 is 1.00 bits per heavy atom. The molecule has 0 fully saturated rings. The first kappa shape index (κ1) is 20.1. The Morgan fingerprint density at radius 3 is 2.41 bits per heavy atom. The van der Waals surface area contributed by atoms with Crippen LogP contribution in [0.25, 0.3) is 6.08 Å². The Hall–Kier alpha value is -3.64. The van der Waals surface area contributed by atoms with Gasteiger partial charge in [0.15, 0.2) is 11.5 Å². The monoisotopic (exact) mass is 408 g/mol. The molecule has 0 radical (unpaired) electrons. The first-order chi connectivity index (χ1) is 13.9. The van der Waals surface area contributed by atoms with Crippen LogP contribution in [0.3, 0.4) is 0 Å². The summed E-state index contributed by atoms with van der Waals surface area (Å²) in [6.45, 7) is 1.44. The fraction of sp³-hybridized carbons (Fsp3) is 0.0455. The van der Waals surface area contributed by atoms with Gasteiger partial charge in [-0.2, -0.15) is 0 Å². The van der Waals surface area contributed by atoms with E-state index in [2.05, 4.69) is 10.6 Å². The number of anilines is 1. The predicted octanol–water partition coefficient (Wildman–Crippen LogP) is 4.55. The van der Waals surface area contributed by atoms with E-state index in [1.807, 2.05) is 0 Å². The van der Waals surface area contributed by atoms with Gasteiger partial charge in [-0.3, -0.25) is 14.4 Å². The van der Waals surface area contributed by atoms with Crippen molar-refractivity contribution in [2.75, 3.05) is 5.32 Å². The molecule has 3 aromatic rings. The van der Waals surface area contributed by atoms with Crippen LogP contribution in [0.1, 0.15) is 33.4 Å². The van der Waals surface area contributed by atoms with Gasteiger partial charge in [0.1, 0.15) is 5.70 Å². The van der Waals surface area contributed by atoms with Crippen molar-refractivity contribution in [1.29, 1.82) is 0 Å². The summed E-state index contributed by atoms with van der Waals surface area (Å²) < 4.78 is 5.08. The molecule has 3 rings (SSSR count). The number of rotatable bonds is 6. The molecule has 1 aromatic heterocycles. The molecule has 29 heavy (non-hydrogen) atoms. The second kappa shape index (κ2) is 9.03. The van der Waals surface area contributed by atoms with E-state index in [0.29, 0.717) is 21.8 Å². The first-order valence-corrected chi connectivity index (χ1v) is 9.04. The lowest BCUT2D eigenvalue weighted by Gasteiger charge is -2.11. The number of nitrogens with one attached hydrogen (secondary N) is 2. The molecule has 7 heteroatoms. The van der Waals surface area contributed by atoms with Crippen LogP contribution in [0.15, 0.2) is 77.0 Å². The number of carbonyl (C=O) groups is 3. The summed E-state index contributed by atoms with van der Waals surface area (Å²) in [5, 5.41) is 5.79. The van der Waals surface area contributed by atoms with Gasteiger partial charge in [-0.05, 0) is 55.0 Å². The van der Waals surface area contributed by atoms with Crippen LogP contribution < -0.4 is 10.6 Å². The number of amides is 2. The minimum atomic E-state index is -0.567. The van der Waals surface area contributed by atoms with E-state index in [1.165, 1.54) is 25.3 Å². The molecule has 0 aliphatic heterocycles. The molecule has 0 aliphatic rings. The summed E-state index contributed by atoms with van der Waals surface area (Å²) in [6.07, 6.45) is 2.88. The largest absolute Gasteiger partial charge is 0.459 e. The van der Waals surface area contributed by atoms with Crippen molar-refractivity contribution in [2.45, 2.75) is 6.92 Å². The normalized spacial score (nSPS) is 11.0. The number of halogens is 1. The second-order valence-corrected chi connectivity index (χ2v) is 6.57. The summed E-state index contributed by atoms with van der Waals surface area (Å²) in [6, 6.07) is 16.4. The van der Waals surface area contributed by atoms with E-state index in [1.54, 1.807) is 54.6 Å². The molecule has 2 amide bonds.